The predicted molar refractivity (Wildman–Crippen MR) is 115 cm³/mol. The van der Waals surface area contributed by atoms with Crippen molar-refractivity contribution in [2.45, 2.75) is 31.9 Å². The number of aromatic nitrogens is 1. The van der Waals surface area contributed by atoms with E-state index < -0.39 is 10.0 Å². The molecule has 2 N–H and O–H groups in total. The normalized spacial score (nSPS) is 14.3. The van der Waals surface area contributed by atoms with Gasteiger partial charge in [-0.05, 0) is 13.0 Å². The summed E-state index contributed by atoms with van der Waals surface area (Å²) in [6.45, 7) is 11.6. The van der Waals surface area contributed by atoms with E-state index in [0.29, 0.717) is 35.5 Å². The number of carbonyl (C=O) groups excluding carboxylic acids is 2. The fraction of sp³-hybridized carbons (Fsp3) is 0.471. The van der Waals surface area contributed by atoms with Crippen molar-refractivity contribution in [3.05, 3.63) is 17.1 Å². The SMILES string of the molecule is C=O.CC.CC(=O)Nc1nc(C)c(-c2csc(S(=O)(=O)N3CCNCC3)c2)s1. The maximum atomic E-state index is 12.7. The Hall–Kier alpha value is -1.66. The molecule has 3 rings (SSSR count). The number of amides is 1. The Morgan fingerprint density at radius 1 is 1.29 bits per heavy atom. The lowest BCUT2D eigenvalue weighted by Gasteiger charge is -2.25. The Balaban J connectivity index is 0.000000921. The van der Waals surface area contributed by atoms with Gasteiger partial charge >= 0.3 is 0 Å². The van der Waals surface area contributed by atoms with E-state index in [1.165, 1.54) is 33.9 Å². The summed E-state index contributed by atoms with van der Waals surface area (Å²) in [5, 5.41) is 8.16. The van der Waals surface area contributed by atoms with Gasteiger partial charge in [-0.3, -0.25) is 4.79 Å². The van der Waals surface area contributed by atoms with Crippen LogP contribution in [0.4, 0.5) is 5.13 Å². The van der Waals surface area contributed by atoms with Crippen molar-refractivity contribution in [1.29, 1.82) is 0 Å². The number of thiophene rings is 1. The number of sulfonamides is 1. The molecule has 0 atom stereocenters. The molecule has 156 valence electrons. The number of piperazine rings is 1. The minimum absolute atomic E-state index is 0.178. The predicted octanol–water partition coefficient (Wildman–Crippen LogP) is 2.57. The molecule has 8 nitrogen and oxygen atoms in total. The summed E-state index contributed by atoms with van der Waals surface area (Å²) in [7, 11) is -3.45. The Bertz CT molecular complexity index is 871. The van der Waals surface area contributed by atoms with Crippen LogP contribution < -0.4 is 10.6 Å². The molecule has 0 saturated carbocycles. The van der Waals surface area contributed by atoms with Crippen LogP contribution in [0.1, 0.15) is 26.5 Å². The number of hydrogen-bond acceptors (Lipinski definition) is 8. The number of hydrogen-bond donors (Lipinski definition) is 2. The van der Waals surface area contributed by atoms with Crippen LogP contribution >= 0.6 is 22.7 Å². The van der Waals surface area contributed by atoms with Crippen LogP contribution in [0, 0.1) is 6.92 Å². The molecule has 0 radical (unpaired) electrons. The molecule has 1 aliphatic rings. The molecular formula is C17H26N4O4S3. The lowest BCUT2D eigenvalue weighted by molar-refractivity contribution is -0.114. The molecule has 11 heteroatoms. The molecule has 28 heavy (non-hydrogen) atoms. The van der Waals surface area contributed by atoms with Crippen LogP contribution in [0.15, 0.2) is 15.7 Å². The first-order valence-corrected chi connectivity index (χ1v) is 11.8. The summed E-state index contributed by atoms with van der Waals surface area (Å²) in [4.78, 5) is 24.3. The van der Waals surface area contributed by atoms with Crippen molar-refractivity contribution in [3.63, 3.8) is 0 Å². The summed E-state index contributed by atoms with van der Waals surface area (Å²) in [5.41, 5.74) is 1.59. The molecule has 1 saturated heterocycles. The summed E-state index contributed by atoms with van der Waals surface area (Å²) in [5.74, 6) is -0.178. The zero-order chi connectivity index (χ0) is 21.3. The lowest BCUT2D eigenvalue weighted by Crippen LogP contribution is -2.46. The maximum Gasteiger partial charge on any atom is 0.252 e. The Labute approximate surface area is 174 Å². The number of anilines is 1. The highest BCUT2D eigenvalue weighted by molar-refractivity contribution is 7.91. The van der Waals surface area contributed by atoms with Crippen LogP contribution in [-0.4, -0.2) is 56.6 Å². The van der Waals surface area contributed by atoms with Gasteiger partial charge in [0.15, 0.2) is 5.13 Å². The molecule has 0 bridgehead atoms. The van der Waals surface area contributed by atoms with E-state index in [1.54, 1.807) is 6.07 Å². The number of rotatable bonds is 4. The topological polar surface area (TPSA) is 108 Å². The van der Waals surface area contributed by atoms with Gasteiger partial charge < -0.3 is 15.4 Å². The molecule has 2 aromatic rings. The molecule has 0 unspecified atom stereocenters. The number of carbonyl (C=O) groups is 2. The van der Waals surface area contributed by atoms with Gasteiger partial charge in [-0.15, -0.1) is 11.3 Å². The fourth-order valence-corrected chi connectivity index (χ4v) is 6.29. The van der Waals surface area contributed by atoms with Crippen molar-refractivity contribution >= 4 is 50.5 Å². The Morgan fingerprint density at radius 2 is 1.89 bits per heavy atom. The van der Waals surface area contributed by atoms with Gasteiger partial charge in [0, 0.05) is 44.0 Å². The highest BCUT2D eigenvalue weighted by Gasteiger charge is 2.27. The first-order valence-electron chi connectivity index (χ1n) is 8.71. The van der Waals surface area contributed by atoms with Gasteiger partial charge in [0.05, 0.1) is 10.6 Å². The highest BCUT2D eigenvalue weighted by Crippen LogP contribution is 2.37. The second kappa shape index (κ2) is 11.4. The van der Waals surface area contributed by atoms with E-state index in [9.17, 15) is 13.2 Å². The van der Waals surface area contributed by atoms with E-state index in [0.717, 1.165) is 16.1 Å². The molecule has 1 aliphatic heterocycles. The third-order valence-corrected chi connectivity index (χ3v) is 8.02. The number of nitrogens with one attached hydrogen (secondary N) is 2. The molecule has 1 amide bonds. The summed E-state index contributed by atoms with van der Waals surface area (Å²) < 4.78 is 27.3. The van der Waals surface area contributed by atoms with Crippen molar-refractivity contribution in [2.24, 2.45) is 0 Å². The average molecular weight is 447 g/mol. The number of nitrogens with zero attached hydrogens (tertiary/aromatic N) is 2. The fourth-order valence-electron chi connectivity index (χ4n) is 2.45. The third-order valence-electron chi connectivity index (χ3n) is 3.59. The zero-order valence-electron chi connectivity index (χ0n) is 16.4. The average Bonchev–Trinajstić information content (AvgIpc) is 3.32. The molecule has 0 aliphatic carbocycles. The van der Waals surface area contributed by atoms with Crippen molar-refractivity contribution in [1.82, 2.24) is 14.6 Å². The smallest absolute Gasteiger partial charge is 0.252 e. The first kappa shape index (κ1) is 24.4. The van der Waals surface area contributed by atoms with E-state index in [-0.39, 0.29) is 5.91 Å². The molecule has 2 aromatic heterocycles. The van der Waals surface area contributed by atoms with Gasteiger partial charge in [-0.1, -0.05) is 25.2 Å². The Morgan fingerprint density at radius 3 is 2.46 bits per heavy atom. The van der Waals surface area contributed by atoms with E-state index in [4.69, 9.17) is 4.79 Å². The number of thiazole rings is 1. The van der Waals surface area contributed by atoms with Crippen LogP contribution in [-0.2, 0) is 19.6 Å². The second-order valence-electron chi connectivity index (χ2n) is 5.42. The second-order valence-corrected chi connectivity index (χ2v) is 9.50. The van der Waals surface area contributed by atoms with Crippen LogP contribution in [0.25, 0.3) is 10.4 Å². The molecule has 3 heterocycles. The van der Waals surface area contributed by atoms with Gasteiger partial charge in [-0.2, -0.15) is 4.31 Å². The van der Waals surface area contributed by atoms with E-state index in [1.807, 2.05) is 32.9 Å². The lowest BCUT2D eigenvalue weighted by atomic mass is 10.2. The maximum absolute atomic E-state index is 12.7. The summed E-state index contributed by atoms with van der Waals surface area (Å²) in [6, 6.07) is 1.69. The third kappa shape index (κ3) is 5.92. The standard InChI is InChI=1S/C14H18N4O3S3.C2H6.CH2O/c1-9-13(23-14(16-9)17-10(2)19)11-7-12(22-8-11)24(20,21)18-5-3-15-4-6-18;2*1-2/h7-8,15H,3-6H2,1-2H3,(H,16,17,19);1-2H3;1H2. The van der Waals surface area contributed by atoms with Crippen molar-refractivity contribution < 1.29 is 18.0 Å². The van der Waals surface area contributed by atoms with Crippen molar-refractivity contribution in [3.8, 4) is 10.4 Å². The Kier molecular flexibility index (Phi) is 9.90. The monoisotopic (exact) mass is 446 g/mol. The van der Waals surface area contributed by atoms with Gasteiger partial charge in [0.1, 0.15) is 11.0 Å². The summed E-state index contributed by atoms with van der Waals surface area (Å²) >= 11 is 2.56. The number of aryl methyl sites for hydroxylation is 1. The molecule has 0 aromatic carbocycles. The van der Waals surface area contributed by atoms with Gasteiger partial charge in [0.25, 0.3) is 10.0 Å². The molecular weight excluding hydrogens is 420 g/mol. The zero-order valence-corrected chi connectivity index (χ0v) is 18.9. The van der Waals surface area contributed by atoms with Gasteiger partial charge in [-0.25, -0.2) is 13.4 Å². The van der Waals surface area contributed by atoms with Crippen molar-refractivity contribution in [2.75, 3.05) is 31.5 Å². The van der Waals surface area contributed by atoms with Gasteiger partial charge in [0.2, 0.25) is 5.91 Å². The van der Waals surface area contributed by atoms with Crippen LogP contribution in [0.3, 0.4) is 0 Å². The van der Waals surface area contributed by atoms with Crippen LogP contribution in [0.5, 0.6) is 0 Å². The van der Waals surface area contributed by atoms with Crippen LogP contribution in [0.2, 0.25) is 0 Å². The van der Waals surface area contributed by atoms with E-state index in [2.05, 4.69) is 15.6 Å². The van der Waals surface area contributed by atoms with E-state index >= 15 is 0 Å². The largest absolute Gasteiger partial charge is 0.314 e. The quantitative estimate of drug-likeness (QED) is 0.747. The minimum atomic E-state index is -3.45. The molecule has 0 spiro atoms. The minimum Gasteiger partial charge on any atom is -0.314 e. The summed E-state index contributed by atoms with van der Waals surface area (Å²) in [6.07, 6.45) is 0. The molecule has 1 fully saturated rings. The first-order chi connectivity index (χ1) is 13.4. The highest BCUT2D eigenvalue weighted by atomic mass is 32.2.